The molecule has 1 heterocycles. The number of ether oxygens (including phenoxy) is 1. The van der Waals surface area contributed by atoms with Gasteiger partial charge in [0, 0.05) is 12.0 Å². The molecule has 1 unspecified atom stereocenters. The minimum Gasteiger partial charge on any atom is -0.488 e. The summed E-state index contributed by atoms with van der Waals surface area (Å²) in [5.41, 5.74) is 5.92. The maximum Gasteiger partial charge on any atom is 0.224 e. The summed E-state index contributed by atoms with van der Waals surface area (Å²) in [6.07, 6.45) is 1.02. The molecule has 4 rings (SSSR count). The molecule has 3 aromatic carbocycles. The molecule has 4 heteroatoms. The third kappa shape index (κ3) is 4.43. The Labute approximate surface area is 176 Å². The van der Waals surface area contributed by atoms with E-state index in [1.54, 1.807) is 6.92 Å². The van der Waals surface area contributed by atoms with Crippen LogP contribution in [0.5, 0.6) is 5.75 Å². The molecular weight excluding hydrogens is 374 g/mol. The van der Waals surface area contributed by atoms with Crippen LogP contribution in [0.2, 0.25) is 0 Å². The van der Waals surface area contributed by atoms with Gasteiger partial charge in [-0.2, -0.15) is 0 Å². The number of Topliss-reactive ketones (excluding diaryl/α,β-unsaturated/α-hetero) is 1. The van der Waals surface area contributed by atoms with Crippen molar-refractivity contribution in [2.75, 3.05) is 6.54 Å². The number of hydrogen-bond donors (Lipinski definition) is 1. The van der Waals surface area contributed by atoms with Crippen LogP contribution in [0.4, 0.5) is 0 Å². The Bertz CT molecular complexity index is 1100. The van der Waals surface area contributed by atoms with Crippen LogP contribution in [0, 0.1) is 6.92 Å². The van der Waals surface area contributed by atoms with Gasteiger partial charge in [-0.1, -0.05) is 60.2 Å². The molecule has 0 aliphatic carbocycles. The van der Waals surface area contributed by atoms with E-state index in [4.69, 9.17) is 4.74 Å². The van der Waals surface area contributed by atoms with Crippen LogP contribution in [-0.2, 0) is 17.6 Å². The lowest BCUT2D eigenvalue weighted by atomic mass is 9.95. The normalized spacial score (nSPS) is 14.7. The van der Waals surface area contributed by atoms with Crippen molar-refractivity contribution in [3.05, 3.63) is 89.0 Å². The van der Waals surface area contributed by atoms with E-state index in [1.807, 2.05) is 67.6 Å². The predicted octanol–water partition coefficient (Wildman–Crippen LogP) is 4.53. The lowest BCUT2D eigenvalue weighted by molar-refractivity contribution is -0.120. The lowest BCUT2D eigenvalue weighted by Gasteiger charge is -2.12. The molecule has 30 heavy (non-hydrogen) atoms. The second-order valence-electron chi connectivity index (χ2n) is 7.84. The number of ketones is 1. The van der Waals surface area contributed by atoms with E-state index in [9.17, 15) is 9.59 Å². The van der Waals surface area contributed by atoms with Crippen molar-refractivity contribution in [3.8, 4) is 16.9 Å². The molecule has 1 aliphatic heterocycles. The van der Waals surface area contributed by atoms with Crippen molar-refractivity contribution in [1.29, 1.82) is 0 Å². The number of amides is 1. The molecule has 1 amide bonds. The number of carbonyl (C=O) groups is 2. The zero-order valence-corrected chi connectivity index (χ0v) is 17.3. The number of carbonyl (C=O) groups excluding carboxylic acids is 2. The van der Waals surface area contributed by atoms with Gasteiger partial charge in [-0.3, -0.25) is 9.59 Å². The smallest absolute Gasteiger partial charge is 0.224 e. The highest BCUT2D eigenvalue weighted by Crippen LogP contribution is 2.34. The van der Waals surface area contributed by atoms with E-state index in [1.165, 1.54) is 0 Å². The van der Waals surface area contributed by atoms with E-state index < -0.39 is 0 Å². The van der Waals surface area contributed by atoms with E-state index in [0.717, 1.165) is 45.6 Å². The Hall–Kier alpha value is -3.40. The van der Waals surface area contributed by atoms with Gasteiger partial charge < -0.3 is 10.1 Å². The standard InChI is InChI=1S/C26H25NO3/c1-17-6-5-7-19(12-17)13-26(29)27-16-22-15-21-14-20(10-11-25(21)30-22)24-9-4-3-8-23(24)18(2)28/h3-12,14,22H,13,15-16H2,1-2H3,(H,27,29). The van der Waals surface area contributed by atoms with Gasteiger partial charge in [-0.05, 0) is 48.2 Å². The topological polar surface area (TPSA) is 55.4 Å². The van der Waals surface area contributed by atoms with Crippen molar-refractivity contribution in [1.82, 2.24) is 5.32 Å². The van der Waals surface area contributed by atoms with E-state index in [2.05, 4.69) is 11.4 Å². The number of aryl methyl sites for hydroxylation is 1. The molecule has 0 spiro atoms. The van der Waals surface area contributed by atoms with Gasteiger partial charge in [0.15, 0.2) is 5.78 Å². The summed E-state index contributed by atoms with van der Waals surface area (Å²) in [6, 6.07) is 21.7. The summed E-state index contributed by atoms with van der Waals surface area (Å²) in [6.45, 7) is 4.08. The fraction of sp³-hybridized carbons (Fsp3) is 0.231. The molecule has 0 fully saturated rings. The van der Waals surface area contributed by atoms with E-state index in [-0.39, 0.29) is 17.8 Å². The second kappa shape index (κ2) is 8.54. The van der Waals surface area contributed by atoms with E-state index in [0.29, 0.717) is 13.0 Å². The summed E-state index contributed by atoms with van der Waals surface area (Å²) in [5, 5.41) is 2.99. The predicted molar refractivity (Wildman–Crippen MR) is 118 cm³/mol. The Kier molecular flexibility index (Phi) is 5.66. The van der Waals surface area contributed by atoms with Gasteiger partial charge in [0.25, 0.3) is 0 Å². The van der Waals surface area contributed by atoms with Crippen molar-refractivity contribution in [2.24, 2.45) is 0 Å². The molecule has 152 valence electrons. The third-order valence-electron chi connectivity index (χ3n) is 5.39. The quantitative estimate of drug-likeness (QED) is 0.620. The van der Waals surface area contributed by atoms with Crippen molar-refractivity contribution >= 4 is 11.7 Å². The Morgan fingerprint density at radius 3 is 2.67 bits per heavy atom. The summed E-state index contributed by atoms with van der Waals surface area (Å²) >= 11 is 0. The monoisotopic (exact) mass is 399 g/mol. The molecule has 0 saturated carbocycles. The summed E-state index contributed by atoms with van der Waals surface area (Å²) in [4.78, 5) is 24.3. The molecular formula is C26H25NO3. The highest BCUT2D eigenvalue weighted by molar-refractivity contribution is 6.00. The summed E-state index contributed by atoms with van der Waals surface area (Å²) in [5.74, 6) is 0.893. The van der Waals surface area contributed by atoms with Crippen LogP contribution < -0.4 is 10.1 Å². The highest BCUT2D eigenvalue weighted by atomic mass is 16.5. The van der Waals surface area contributed by atoms with Crippen LogP contribution >= 0.6 is 0 Å². The van der Waals surface area contributed by atoms with Crippen molar-refractivity contribution in [2.45, 2.75) is 32.8 Å². The van der Waals surface area contributed by atoms with Crippen molar-refractivity contribution < 1.29 is 14.3 Å². The Balaban J connectivity index is 1.39. The van der Waals surface area contributed by atoms with Gasteiger partial charge in [-0.15, -0.1) is 0 Å². The molecule has 1 aliphatic rings. The number of fused-ring (bicyclic) bond motifs is 1. The van der Waals surface area contributed by atoms with Crippen LogP contribution in [0.3, 0.4) is 0 Å². The molecule has 0 saturated heterocycles. The highest BCUT2D eigenvalue weighted by Gasteiger charge is 2.24. The summed E-state index contributed by atoms with van der Waals surface area (Å²) < 4.78 is 6.01. The molecule has 1 atom stereocenters. The first-order valence-electron chi connectivity index (χ1n) is 10.2. The van der Waals surface area contributed by atoms with Gasteiger partial charge in [0.2, 0.25) is 5.91 Å². The number of nitrogens with one attached hydrogen (secondary N) is 1. The SMILES string of the molecule is CC(=O)c1ccccc1-c1ccc2c(c1)CC(CNC(=O)Cc1cccc(C)c1)O2. The molecule has 3 aromatic rings. The third-order valence-corrected chi connectivity index (χ3v) is 5.39. The number of hydrogen-bond acceptors (Lipinski definition) is 3. The molecule has 4 nitrogen and oxygen atoms in total. The van der Waals surface area contributed by atoms with E-state index >= 15 is 0 Å². The van der Waals surface area contributed by atoms with Gasteiger partial charge >= 0.3 is 0 Å². The van der Waals surface area contributed by atoms with Gasteiger partial charge in [0.05, 0.1) is 13.0 Å². The maximum atomic E-state index is 12.3. The fourth-order valence-corrected chi connectivity index (χ4v) is 3.94. The Morgan fingerprint density at radius 1 is 1.03 bits per heavy atom. The molecule has 0 radical (unpaired) electrons. The summed E-state index contributed by atoms with van der Waals surface area (Å²) in [7, 11) is 0. The molecule has 0 aromatic heterocycles. The first-order valence-corrected chi connectivity index (χ1v) is 10.2. The average molecular weight is 399 g/mol. The van der Waals surface area contributed by atoms with Crippen LogP contribution in [0.25, 0.3) is 11.1 Å². The lowest BCUT2D eigenvalue weighted by Crippen LogP contribution is -2.35. The second-order valence-corrected chi connectivity index (χ2v) is 7.84. The molecule has 0 bridgehead atoms. The Morgan fingerprint density at radius 2 is 1.87 bits per heavy atom. The number of rotatable bonds is 6. The molecule has 1 N–H and O–H groups in total. The first kappa shape index (κ1) is 19.9. The number of benzene rings is 3. The first-order chi connectivity index (χ1) is 14.5. The fourth-order valence-electron chi connectivity index (χ4n) is 3.94. The minimum atomic E-state index is -0.0836. The van der Waals surface area contributed by atoms with Crippen LogP contribution in [-0.4, -0.2) is 24.3 Å². The maximum absolute atomic E-state index is 12.3. The zero-order chi connectivity index (χ0) is 21.1. The van der Waals surface area contributed by atoms with Gasteiger partial charge in [0.1, 0.15) is 11.9 Å². The van der Waals surface area contributed by atoms with Gasteiger partial charge in [-0.25, -0.2) is 0 Å². The van der Waals surface area contributed by atoms with Crippen LogP contribution in [0.15, 0.2) is 66.7 Å². The average Bonchev–Trinajstić information content (AvgIpc) is 3.14. The minimum absolute atomic E-state index is 0.00349. The largest absolute Gasteiger partial charge is 0.488 e. The van der Waals surface area contributed by atoms with Crippen LogP contribution in [0.1, 0.15) is 34.0 Å². The zero-order valence-electron chi connectivity index (χ0n) is 17.3. The van der Waals surface area contributed by atoms with Crippen molar-refractivity contribution in [3.63, 3.8) is 0 Å².